The number of hydrogen-bond acceptors (Lipinski definition) is 5. The second-order valence-electron chi connectivity index (χ2n) is 5.61. The lowest BCUT2D eigenvalue weighted by atomic mass is 10.2. The van der Waals surface area contributed by atoms with E-state index in [2.05, 4.69) is 4.98 Å². The quantitative estimate of drug-likeness (QED) is 0.667. The molecule has 0 unspecified atom stereocenters. The lowest BCUT2D eigenvalue weighted by molar-refractivity contribution is -0.121. The Morgan fingerprint density at radius 1 is 1.12 bits per heavy atom. The first-order valence-corrected chi connectivity index (χ1v) is 9.28. The number of carbonyl (C=O) groups excluding carboxylic acids is 2. The third kappa shape index (κ3) is 2.61. The molecule has 1 atom stereocenters. The molecule has 1 saturated heterocycles. The number of fused-ring (bicyclic) bond motifs is 1. The average Bonchev–Trinajstić information content (AvgIpc) is 3.09. The first kappa shape index (κ1) is 15.4. The molecule has 0 aliphatic carbocycles. The molecule has 2 heterocycles. The third-order valence-corrected chi connectivity index (χ3v) is 6.29. The Bertz CT molecular complexity index is 918. The van der Waals surface area contributed by atoms with Crippen molar-refractivity contribution < 1.29 is 9.59 Å². The summed E-state index contributed by atoms with van der Waals surface area (Å²) in [5.74, 6) is -0.300. The summed E-state index contributed by atoms with van der Waals surface area (Å²) in [6, 6.07) is 15.4. The fourth-order valence-electron chi connectivity index (χ4n) is 2.79. The second-order valence-corrected chi connectivity index (χ2v) is 8.09. The summed E-state index contributed by atoms with van der Waals surface area (Å²) in [5, 5.41) is -0.405. The number of para-hydroxylation sites is 2. The molecule has 0 spiro atoms. The minimum Gasteiger partial charge on any atom is -0.274 e. The van der Waals surface area contributed by atoms with Crippen LogP contribution >= 0.6 is 23.1 Å². The van der Waals surface area contributed by atoms with Crippen LogP contribution in [0.2, 0.25) is 0 Å². The van der Waals surface area contributed by atoms with Crippen molar-refractivity contribution >= 4 is 50.8 Å². The Kier molecular flexibility index (Phi) is 3.86. The molecule has 1 aliphatic rings. The van der Waals surface area contributed by atoms with Crippen LogP contribution in [0.25, 0.3) is 10.2 Å². The number of benzene rings is 2. The maximum absolute atomic E-state index is 12.7. The highest BCUT2D eigenvalue weighted by Gasteiger charge is 2.41. The van der Waals surface area contributed by atoms with Gasteiger partial charge in [0.15, 0.2) is 4.34 Å². The van der Waals surface area contributed by atoms with Crippen LogP contribution in [0.5, 0.6) is 0 Å². The van der Waals surface area contributed by atoms with Gasteiger partial charge in [-0.05, 0) is 30.7 Å². The van der Waals surface area contributed by atoms with Crippen molar-refractivity contribution in [3.8, 4) is 0 Å². The monoisotopic (exact) mass is 354 g/mol. The largest absolute Gasteiger partial charge is 0.274 e. The number of aromatic nitrogens is 1. The van der Waals surface area contributed by atoms with Gasteiger partial charge in [-0.15, -0.1) is 11.3 Å². The van der Waals surface area contributed by atoms with Gasteiger partial charge in [-0.3, -0.25) is 9.59 Å². The smallest absolute Gasteiger partial charge is 0.247 e. The highest BCUT2D eigenvalue weighted by molar-refractivity contribution is 8.02. The molecule has 4 rings (SSSR count). The zero-order chi connectivity index (χ0) is 16.7. The predicted molar refractivity (Wildman–Crippen MR) is 97.6 cm³/mol. The van der Waals surface area contributed by atoms with Crippen LogP contribution in [0.3, 0.4) is 0 Å². The Labute approximate surface area is 147 Å². The van der Waals surface area contributed by atoms with Crippen LogP contribution in [0.1, 0.15) is 12.0 Å². The van der Waals surface area contributed by atoms with Gasteiger partial charge in [0, 0.05) is 6.42 Å². The van der Waals surface area contributed by atoms with Crippen LogP contribution in [0.4, 0.5) is 5.69 Å². The molecule has 4 nitrogen and oxygen atoms in total. The van der Waals surface area contributed by atoms with Gasteiger partial charge in [0.1, 0.15) is 5.25 Å². The summed E-state index contributed by atoms with van der Waals surface area (Å²) >= 11 is 2.95. The Hall–Kier alpha value is -2.18. The van der Waals surface area contributed by atoms with E-state index in [4.69, 9.17) is 0 Å². The number of thiazole rings is 1. The van der Waals surface area contributed by atoms with E-state index in [0.717, 1.165) is 20.1 Å². The van der Waals surface area contributed by atoms with Crippen molar-refractivity contribution in [3.05, 3.63) is 54.1 Å². The summed E-state index contributed by atoms with van der Waals surface area (Å²) in [4.78, 5) is 31.0. The molecule has 1 fully saturated rings. The Morgan fingerprint density at radius 2 is 1.88 bits per heavy atom. The first-order chi connectivity index (χ1) is 11.6. The highest BCUT2D eigenvalue weighted by atomic mass is 32.2. The number of imide groups is 1. The molecule has 1 aliphatic heterocycles. The van der Waals surface area contributed by atoms with E-state index in [9.17, 15) is 9.59 Å². The van der Waals surface area contributed by atoms with Crippen molar-refractivity contribution in [1.29, 1.82) is 0 Å². The van der Waals surface area contributed by atoms with Crippen molar-refractivity contribution in [1.82, 2.24) is 4.98 Å². The topological polar surface area (TPSA) is 50.3 Å². The van der Waals surface area contributed by atoms with Gasteiger partial charge in [-0.2, -0.15) is 0 Å². The number of rotatable bonds is 3. The van der Waals surface area contributed by atoms with Gasteiger partial charge in [0.25, 0.3) is 0 Å². The second kappa shape index (κ2) is 6.03. The van der Waals surface area contributed by atoms with Gasteiger partial charge < -0.3 is 0 Å². The number of anilines is 1. The lowest BCUT2D eigenvalue weighted by Crippen LogP contribution is -2.31. The number of thioether (sulfide) groups is 1. The van der Waals surface area contributed by atoms with Crippen molar-refractivity contribution in [2.75, 3.05) is 4.90 Å². The number of nitrogens with zero attached hydrogens (tertiary/aromatic N) is 2. The fraction of sp³-hybridized carbons (Fsp3) is 0.167. The van der Waals surface area contributed by atoms with Crippen LogP contribution in [-0.4, -0.2) is 22.0 Å². The molecular weight excluding hydrogens is 340 g/mol. The Morgan fingerprint density at radius 3 is 2.67 bits per heavy atom. The van der Waals surface area contributed by atoms with Gasteiger partial charge in [0.05, 0.1) is 15.9 Å². The molecule has 3 aromatic rings. The minimum absolute atomic E-state index is 0.145. The van der Waals surface area contributed by atoms with Crippen molar-refractivity contribution in [2.24, 2.45) is 0 Å². The van der Waals surface area contributed by atoms with E-state index in [1.807, 2.05) is 55.5 Å². The number of carbonyl (C=O) groups is 2. The molecule has 120 valence electrons. The van der Waals surface area contributed by atoms with Gasteiger partial charge >= 0.3 is 0 Å². The maximum Gasteiger partial charge on any atom is 0.247 e. The SMILES string of the molecule is Cc1ccccc1N1C(=O)C[C@@H](Sc2nc3ccccc3s2)C1=O. The number of amides is 2. The molecule has 24 heavy (non-hydrogen) atoms. The van der Waals surface area contributed by atoms with Crippen LogP contribution in [0, 0.1) is 6.92 Å². The zero-order valence-corrected chi connectivity index (χ0v) is 14.6. The minimum atomic E-state index is -0.405. The van der Waals surface area contributed by atoms with E-state index < -0.39 is 5.25 Å². The summed E-state index contributed by atoms with van der Waals surface area (Å²) in [6.45, 7) is 1.91. The summed E-state index contributed by atoms with van der Waals surface area (Å²) in [5.41, 5.74) is 2.53. The zero-order valence-electron chi connectivity index (χ0n) is 12.9. The summed E-state index contributed by atoms with van der Waals surface area (Å²) in [7, 11) is 0. The standard InChI is InChI=1S/C18H14N2O2S2/c1-11-6-2-4-8-13(11)20-16(21)10-15(17(20)22)24-18-19-12-7-3-5-9-14(12)23-18/h2-9,15H,10H2,1H3/t15-/m1/s1. The highest BCUT2D eigenvalue weighted by Crippen LogP contribution is 2.38. The fourth-order valence-corrected chi connectivity index (χ4v) is 5.12. The average molecular weight is 354 g/mol. The maximum atomic E-state index is 12.7. The predicted octanol–water partition coefficient (Wildman–Crippen LogP) is 4.03. The van der Waals surface area contributed by atoms with Crippen LogP contribution in [-0.2, 0) is 9.59 Å². The molecule has 0 N–H and O–H groups in total. The first-order valence-electron chi connectivity index (χ1n) is 7.58. The molecule has 2 amide bonds. The van der Waals surface area contributed by atoms with E-state index in [1.54, 1.807) is 11.3 Å². The Balaban J connectivity index is 1.60. The molecule has 6 heteroatoms. The van der Waals surface area contributed by atoms with Crippen molar-refractivity contribution in [3.63, 3.8) is 0 Å². The summed E-state index contributed by atoms with van der Waals surface area (Å²) < 4.78 is 1.92. The summed E-state index contributed by atoms with van der Waals surface area (Å²) in [6.07, 6.45) is 0.216. The van der Waals surface area contributed by atoms with E-state index >= 15 is 0 Å². The molecule has 0 radical (unpaired) electrons. The molecule has 1 aromatic heterocycles. The van der Waals surface area contributed by atoms with Crippen LogP contribution in [0.15, 0.2) is 52.9 Å². The number of aryl methyl sites for hydroxylation is 1. The lowest BCUT2D eigenvalue weighted by Gasteiger charge is -2.16. The van der Waals surface area contributed by atoms with Crippen molar-refractivity contribution in [2.45, 2.75) is 22.9 Å². The van der Waals surface area contributed by atoms with Gasteiger partial charge in [-0.1, -0.05) is 42.1 Å². The third-order valence-electron chi connectivity index (χ3n) is 3.98. The molecule has 0 bridgehead atoms. The van der Waals surface area contributed by atoms with E-state index in [-0.39, 0.29) is 18.2 Å². The molecule has 0 saturated carbocycles. The van der Waals surface area contributed by atoms with Gasteiger partial charge in [-0.25, -0.2) is 9.88 Å². The van der Waals surface area contributed by atoms with Gasteiger partial charge in [0.2, 0.25) is 11.8 Å². The number of hydrogen-bond donors (Lipinski definition) is 0. The van der Waals surface area contributed by atoms with Crippen LogP contribution < -0.4 is 4.90 Å². The molecule has 2 aromatic carbocycles. The van der Waals surface area contributed by atoms with E-state index in [0.29, 0.717) is 5.69 Å². The normalized spacial score (nSPS) is 17.9. The molecular formula is C18H14N2O2S2. The van der Waals surface area contributed by atoms with E-state index in [1.165, 1.54) is 16.7 Å².